The minimum absolute atomic E-state index is 0.207. The standard InChI is InChI=1S/C38H38ClN3O9/c1-44-32-17-22(37-40-27-13-12-24(39)20-26(27)38(43)41-37)11-14-29(32)49-15-6-7-16-50-30-10-8-9-25(35(30)47-4)28-21-31(51-42-28)23-18-33(45-2)36(48-5)34(19-23)46-3/h8-14,17-21,37,40H,6-7,15-16H2,1-5H3,(H,41,43). The maximum Gasteiger partial charge on any atom is 0.255 e. The van der Waals surface area contributed by atoms with Gasteiger partial charge in [-0.05, 0) is 73.0 Å². The lowest BCUT2D eigenvalue weighted by Crippen LogP contribution is -2.38. The first kappa shape index (κ1) is 35.1. The van der Waals surface area contributed by atoms with Crippen molar-refractivity contribution in [1.29, 1.82) is 0 Å². The molecule has 0 radical (unpaired) electrons. The molecule has 0 saturated carbocycles. The van der Waals surface area contributed by atoms with Crippen molar-refractivity contribution in [1.82, 2.24) is 10.5 Å². The minimum Gasteiger partial charge on any atom is -0.493 e. The number of amides is 1. The number of methoxy groups -OCH3 is 5. The van der Waals surface area contributed by atoms with Gasteiger partial charge in [0.1, 0.15) is 11.9 Å². The SMILES string of the molecule is COc1cc(C2NC(=O)c3cc(Cl)ccc3N2)ccc1OCCCCOc1cccc(-c2cc(-c3cc(OC)c(OC)c(OC)c3)on2)c1OC. The molecule has 0 spiro atoms. The molecule has 2 N–H and O–H groups in total. The average molecular weight is 716 g/mol. The van der Waals surface area contributed by atoms with Gasteiger partial charge in [0.25, 0.3) is 5.91 Å². The molecule has 0 fully saturated rings. The number of aromatic nitrogens is 1. The van der Waals surface area contributed by atoms with Crippen LogP contribution < -0.4 is 43.8 Å². The average Bonchev–Trinajstić information content (AvgIpc) is 3.66. The molecular weight excluding hydrogens is 678 g/mol. The third kappa shape index (κ3) is 7.56. The van der Waals surface area contributed by atoms with Gasteiger partial charge < -0.3 is 48.3 Å². The highest BCUT2D eigenvalue weighted by Crippen LogP contribution is 2.43. The first-order chi connectivity index (χ1) is 24.9. The topological polar surface area (TPSA) is 132 Å². The predicted octanol–water partition coefficient (Wildman–Crippen LogP) is 7.80. The summed E-state index contributed by atoms with van der Waals surface area (Å²) in [5, 5.41) is 11.1. The zero-order valence-electron chi connectivity index (χ0n) is 28.8. The highest BCUT2D eigenvalue weighted by atomic mass is 35.5. The van der Waals surface area contributed by atoms with Gasteiger partial charge in [-0.3, -0.25) is 4.79 Å². The largest absolute Gasteiger partial charge is 0.493 e. The van der Waals surface area contributed by atoms with E-state index in [1.54, 1.807) is 65.9 Å². The van der Waals surface area contributed by atoms with Gasteiger partial charge in [-0.1, -0.05) is 28.9 Å². The van der Waals surface area contributed by atoms with E-state index in [4.69, 9.17) is 49.3 Å². The number of anilines is 1. The lowest BCUT2D eigenvalue weighted by Gasteiger charge is -2.28. The third-order valence-corrected chi connectivity index (χ3v) is 8.53. The number of nitrogens with one attached hydrogen (secondary N) is 2. The molecule has 2 heterocycles. The molecule has 1 aliphatic rings. The number of ether oxygens (including phenoxy) is 7. The van der Waals surface area contributed by atoms with Crippen LogP contribution in [-0.4, -0.2) is 59.8 Å². The molecule has 0 bridgehead atoms. The zero-order valence-corrected chi connectivity index (χ0v) is 29.6. The van der Waals surface area contributed by atoms with Gasteiger partial charge in [0.2, 0.25) is 5.75 Å². The first-order valence-electron chi connectivity index (χ1n) is 16.1. The Balaban J connectivity index is 1.04. The number of rotatable bonds is 15. The summed E-state index contributed by atoms with van der Waals surface area (Å²) in [7, 11) is 7.84. The quantitative estimate of drug-likeness (QED) is 0.103. The Morgan fingerprint density at radius 1 is 0.686 bits per heavy atom. The summed E-state index contributed by atoms with van der Waals surface area (Å²) in [6, 6.07) is 21.8. The summed E-state index contributed by atoms with van der Waals surface area (Å²) in [6.45, 7) is 0.889. The second-order valence-corrected chi connectivity index (χ2v) is 11.8. The molecule has 1 aromatic heterocycles. The van der Waals surface area contributed by atoms with E-state index in [0.29, 0.717) is 92.3 Å². The van der Waals surface area contributed by atoms with E-state index < -0.39 is 6.17 Å². The number of hydrogen-bond donors (Lipinski definition) is 2. The van der Waals surface area contributed by atoms with Crippen molar-refractivity contribution in [3.8, 4) is 62.8 Å². The van der Waals surface area contributed by atoms with Crippen molar-refractivity contribution in [2.45, 2.75) is 19.0 Å². The summed E-state index contributed by atoms with van der Waals surface area (Å²) in [5.74, 6) is 4.08. The Bertz CT molecular complexity index is 1990. The molecule has 12 nitrogen and oxygen atoms in total. The fourth-order valence-electron chi connectivity index (χ4n) is 5.75. The van der Waals surface area contributed by atoms with Crippen molar-refractivity contribution in [2.75, 3.05) is 54.1 Å². The normalized spacial score (nSPS) is 13.4. The Hall–Kier alpha value is -5.75. The number of nitrogens with zero attached hydrogens (tertiary/aromatic N) is 1. The van der Waals surface area contributed by atoms with Gasteiger partial charge in [0.05, 0.1) is 54.3 Å². The van der Waals surface area contributed by atoms with Gasteiger partial charge in [0, 0.05) is 27.9 Å². The smallest absolute Gasteiger partial charge is 0.255 e. The predicted molar refractivity (Wildman–Crippen MR) is 192 cm³/mol. The van der Waals surface area contributed by atoms with Crippen molar-refractivity contribution < 1.29 is 42.5 Å². The maximum atomic E-state index is 12.7. The van der Waals surface area contributed by atoms with Gasteiger partial charge in [-0.25, -0.2) is 0 Å². The number of fused-ring (bicyclic) bond motifs is 1. The number of hydrogen-bond acceptors (Lipinski definition) is 11. The fraction of sp³-hybridized carbons (Fsp3) is 0.263. The Morgan fingerprint density at radius 2 is 1.39 bits per heavy atom. The zero-order chi connectivity index (χ0) is 35.9. The fourth-order valence-corrected chi connectivity index (χ4v) is 5.92. The number of unbranched alkanes of at least 4 members (excludes halogenated alkanes) is 1. The second kappa shape index (κ2) is 15.9. The number of para-hydroxylation sites is 1. The van der Waals surface area contributed by atoms with Crippen molar-refractivity contribution in [3.63, 3.8) is 0 Å². The van der Waals surface area contributed by atoms with Crippen LogP contribution in [0.5, 0.6) is 40.2 Å². The molecular formula is C38H38ClN3O9. The highest BCUT2D eigenvalue weighted by Gasteiger charge is 2.26. The molecule has 1 atom stereocenters. The molecule has 0 aliphatic carbocycles. The molecule has 5 aromatic rings. The van der Waals surface area contributed by atoms with Crippen LogP contribution in [0, 0.1) is 0 Å². The summed E-state index contributed by atoms with van der Waals surface area (Å²) in [4.78, 5) is 12.7. The summed E-state index contributed by atoms with van der Waals surface area (Å²) < 4.78 is 45.7. The number of carbonyl (C=O) groups is 1. The Morgan fingerprint density at radius 3 is 2.08 bits per heavy atom. The second-order valence-electron chi connectivity index (χ2n) is 11.4. The van der Waals surface area contributed by atoms with Crippen LogP contribution in [0.25, 0.3) is 22.6 Å². The van der Waals surface area contributed by atoms with Gasteiger partial charge >= 0.3 is 0 Å². The Labute approximate surface area is 300 Å². The van der Waals surface area contributed by atoms with E-state index in [-0.39, 0.29) is 5.91 Å². The molecule has 1 amide bonds. The van der Waals surface area contributed by atoms with Gasteiger partial charge in [0.15, 0.2) is 40.3 Å². The summed E-state index contributed by atoms with van der Waals surface area (Å²) >= 11 is 6.06. The molecule has 1 aliphatic heterocycles. The number of halogens is 1. The molecule has 13 heteroatoms. The Kier molecular flexibility index (Phi) is 10.9. The molecule has 0 saturated heterocycles. The van der Waals surface area contributed by atoms with Crippen LogP contribution in [0.15, 0.2) is 77.3 Å². The third-order valence-electron chi connectivity index (χ3n) is 8.29. The molecule has 266 valence electrons. The van der Waals surface area contributed by atoms with Crippen molar-refractivity contribution >= 4 is 23.2 Å². The highest BCUT2D eigenvalue weighted by molar-refractivity contribution is 6.31. The number of carbonyl (C=O) groups excluding carboxylic acids is 1. The van der Waals surface area contributed by atoms with E-state index in [1.807, 2.05) is 42.5 Å². The minimum atomic E-state index is -0.435. The van der Waals surface area contributed by atoms with E-state index in [2.05, 4.69) is 15.8 Å². The monoisotopic (exact) mass is 715 g/mol. The molecule has 51 heavy (non-hydrogen) atoms. The van der Waals surface area contributed by atoms with E-state index in [9.17, 15) is 4.79 Å². The summed E-state index contributed by atoms with van der Waals surface area (Å²) in [6.07, 6.45) is 1.02. The lowest BCUT2D eigenvalue weighted by atomic mass is 10.1. The van der Waals surface area contributed by atoms with E-state index in [1.165, 1.54) is 0 Å². The van der Waals surface area contributed by atoms with Crippen molar-refractivity contribution in [3.05, 3.63) is 88.9 Å². The lowest BCUT2D eigenvalue weighted by molar-refractivity contribution is 0.0935. The van der Waals surface area contributed by atoms with Crippen LogP contribution in [0.2, 0.25) is 5.02 Å². The van der Waals surface area contributed by atoms with Crippen LogP contribution in [-0.2, 0) is 0 Å². The van der Waals surface area contributed by atoms with Crippen molar-refractivity contribution in [2.24, 2.45) is 0 Å². The van der Waals surface area contributed by atoms with E-state index in [0.717, 1.165) is 18.4 Å². The number of benzene rings is 4. The summed E-state index contributed by atoms with van der Waals surface area (Å²) in [5.41, 5.74) is 4.02. The molecule has 6 rings (SSSR count). The molecule has 4 aromatic carbocycles. The van der Waals surface area contributed by atoms with Crippen LogP contribution >= 0.6 is 11.6 Å². The van der Waals surface area contributed by atoms with Gasteiger partial charge in [-0.2, -0.15) is 0 Å². The molecule has 1 unspecified atom stereocenters. The van der Waals surface area contributed by atoms with Crippen LogP contribution in [0.1, 0.15) is 34.9 Å². The van der Waals surface area contributed by atoms with Gasteiger partial charge in [-0.15, -0.1) is 0 Å². The first-order valence-corrected chi connectivity index (χ1v) is 16.5. The van der Waals surface area contributed by atoms with E-state index >= 15 is 0 Å². The maximum absolute atomic E-state index is 12.7. The van der Waals surface area contributed by atoms with Crippen LogP contribution in [0.3, 0.4) is 0 Å². The van der Waals surface area contributed by atoms with Crippen LogP contribution in [0.4, 0.5) is 5.69 Å².